The Kier molecular flexibility index (Phi) is 4.80. The summed E-state index contributed by atoms with van der Waals surface area (Å²) in [5.74, 6) is -2.34. The van der Waals surface area contributed by atoms with Gasteiger partial charge in [0.25, 0.3) is 11.8 Å². The predicted octanol–water partition coefficient (Wildman–Crippen LogP) is -0.549. The van der Waals surface area contributed by atoms with Gasteiger partial charge in [-0.25, -0.2) is 4.79 Å². The van der Waals surface area contributed by atoms with Crippen LogP contribution in [0.2, 0.25) is 0 Å². The fourth-order valence-electron chi connectivity index (χ4n) is 2.82. The van der Waals surface area contributed by atoms with E-state index in [-0.39, 0.29) is 17.0 Å². The molecule has 2 aliphatic rings. The number of β-lactam (4-membered cyclic amide) rings is 1. The number of carboxylic acid groups (broad SMARTS) is 1. The van der Waals surface area contributed by atoms with E-state index in [9.17, 15) is 29.7 Å². The van der Waals surface area contributed by atoms with Crippen molar-refractivity contribution in [1.82, 2.24) is 10.2 Å². The lowest BCUT2D eigenvalue weighted by Gasteiger charge is -2.49. The molecule has 2 amide bonds. The molecule has 132 valence electrons. The summed E-state index contributed by atoms with van der Waals surface area (Å²) < 4.78 is 0. The van der Waals surface area contributed by atoms with Crippen LogP contribution in [-0.4, -0.2) is 61.8 Å². The van der Waals surface area contributed by atoms with Gasteiger partial charge in [-0.3, -0.25) is 14.5 Å². The van der Waals surface area contributed by atoms with Gasteiger partial charge in [0.05, 0.1) is 6.61 Å². The van der Waals surface area contributed by atoms with Crippen LogP contribution in [0.15, 0.2) is 41.6 Å². The Bertz CT molecular complexity index is 750. The highest BCUT2D eigenvalue weighted by atomic mass is 32.2. The van der Waals surface area contributed by atoms with Gasteiger partial charge < -0.3 is 20.6 Å². The van der Waals surface area contributed by atoms with E-state index >= 15 is 0 Å². The molecule has 0 radical (unpaired) electrons. The second-order valence-corrected chi connectivity index (χ2v) is 6.73. The maximum absolute atomic E-state index is 12.3. The number of carboxylic acids is 1. The zero-order valence-electron chi connectivity index (χ0n) is 13.0. The SMILES string of the molecule is O=C(O)C1=C(CO)CS[C@H]2[C@H](NC(=O)C(O)c3ccccc3)C(=O)N12. The molecule has 0 aliphatic carbocycles. The van der Waals surface area contributed by atoms with Gasteiger partial charge in [0.2, 0.25) is 0 Å². The first-order chi connectivity index (χ1) is 12.0. The number of aliphatic carboxylic acids is 1. The van der Waals surface area contributed by atoms with Gasteiger partial charge in [-0.1, -0.05) is 30.3 Å². The van der Waals surface area contributed by atoms with Gasteiger partial charge in [0, 0.05) is 5.75 Å². The lowest BCUT2D eigenvalue weighted by Crippen LogP contribution is -2.71. The van der Waals surface area contributed by atoms with Crippen LogP contribution >= 0.6 is 11.8 Å². The summed E-state index contributed by atoms with van der Waals surface area (Å²) in [5.41, 5.74) is 0.426. The lowest BCUT2D eigenvalue weighted by atomic mass is 10.0. The van der Waals surface area contributed by atoms with Gasteiger partial charge in [-0.15, -0.1) is 11.8 Å². The largest absolute Gasteiger partial charge is 0.477 e. The Morgan fingerprint density at radius 2 is 2.00 bits per heavy atom. The number of carbonyl (C=O) groups excluding carboxylic acids is 2. The highest BCUT2D eigenvalue weighted by Gasteiger charge is 2.54. The number of nitrogens with zero attached hydrogens (tertiary/aromatic N) is 1. The summed E-state index contributed by atoms with van der Waals surface area (Å²) >= 11 is 1.26. The summed E-state index contributed by atoms with van der Waals surface area (Å²) in [6.07, 6.45) is -1.42. The number of hydrogen-bond acceptors (Lipinski definition) is 6. The van der Waals surface area contributed by atoms with Crippen molar-refractivity contribution in [2.24, 2.45) is 0 Å². The molecular weight excluding hydrogens is 348 g/mol. The Morgan fingerprint density at radius 3 is 2.60 bits per heavy atom. The first-order valence-electron chi connectivity index (χ1n) is 7.50. The second kappa shape index (κ2) is 6.87. The van der Waals surface area contributed by atoms with E-state index in [1.165, 1.54) is 11.8 Å². The fraction of sp³-hybridized carbons (Fsp3) is 0.312. The fourth-order valence-corrected chi connectivity index (χ4v) is 4.16. The van der Waals surface area contributed by atoms with E-state index in [0.717, 1.165) is 4.90 Å². The van der Waals surface area contributed by atoms with E-state index in [1.54, 1.807) is 30.3 Å². The number of aliphatic hydroxyl groups excluding tert-OH is 2. The van der Waals surface area contributed by atoms with Gasteiger partial charge in [-0.05, 0) is 11.1 Å². The molecular formula is C16H16N2O6S. The smallest absolute Gasteiger partial charge is 0.352 e. The molecule has 1 fully saturated rings. The molecule has 4 N–H and O–H groups in total. The molecule has 8 nitrogen and oxygen atoms in total. The summed E-state index contributed by atoms with van der Waals surface area (Å²) in [4.78, 5) is 37.0. The minimum atomic E-state index is -1.42. The van der Waals surface area contributed by atoms with Crippen molar-refractivity contribution >= 4 is 29.5 Å². The first-order valence-corrected chi connectivity index (χ1v) is 8.54. The molecule has 0 bridgehead atoms. The lowest BCUT2D eigenvalue weighted by molar-refractivity contribution is -0.151. The summed E-state index contributed by atoms with van der Waals surface area (Å²) in [6, 6.07) is 7.38. The zero-order chi connectivity index (χ0) is 18.1. The number of aliphatic hydroxyl groups is 2. The molecule has 9 heteroatoms. The first kappa shape index (κ1) is 17.5. The summed E-state index contributed by atoms with van der Waals surface area (Å²) in [6.45, 7) is -0.450. The number of thioether (sulfide) groups is 1. The Hall–Kier alpha value is -2.36. The topological polar surface area (TPSA) is 127 Å². The maximum Gasteiger partial charge on any atom is 0.352 e. The van der Waals surface area contributed by atoms with Crippen molar-refractivity contribution in [1.29, 1.82) is 0 Å². The number of benzene rings is 1. The summed E-state index contributed by atoms with van der Waals surface area (Å²) in [7, 11) is 0. The van der Waals surface area contributed by atoms with Gasteiger partial charge in [0.15, 0.2) is 6.10 Å². The molecule has 3 rings (SSSR count). The van der Waals surface area contributed by atoms with Crippen LogP contribution in [0.25, 0.3) is 0 Å². The molecule has 1 unspecified atom stereocenters. The average molecular weight is 364 g/mol. The van der Waals surface area contributed by atoms with Gasteiger partial charge in [0.1, 0.15) is 17.1 Å². The zero-order valence-corrected chi connectivity index (χ0v) is 13.8. The molecule has 0 aromatic heterocycles. The number of nitrogens with one attached hydrogen (secondary N) is 1. The third kappa shape index (κ3) is 3.01. The monoisotopic (exact) mass is 364 g/mol. The average Bonchev–Trinajstić information content (AvgIpc) is 2.64. The molecule has 3 atom stereocenters. The molecule has 1 aromatic rings. The minimum Gasteiger partial charge on any atom is -0.477 e. The standard InChI is InChI=1S/C16H16N2O6S/c19-6-9-7-25-15-10(14(22)18(15)11(9)16(23)24)17-13(21)12(20)8-4-2-1-3-5-8/h1-5,10,12,15,19-20H,6-7H2,(H,17,21)(H,23,24)/t10-,12?,15+/m1/s1. The van der Waals surface area contributed by atoms with Crippen molar-refractivity contribution in [2.75, 3.05) is 12.4 Å². The maximum atomic E-state index is 12.3. The van der Waals surface area contributed by atoms with E-state index in [2.05, 4.69) is 5.32 Å². The van der Waals surface area contributed by atoms with Gasteiger partial charge in [-0.2, -0.15) is 0 Å². The number of hydrogen-bond donors (Lipinski definition) is 4. The van der Waals surface area contributed by atoms with Crippen molar-refractivity contribution < 1.29 is 29.7 Å². The van der Waals surface area contributed by atoms with Crippen LogP contribution < -0.4 is 5.32 Å². The molecule has 0 saturated carbocycles. The van der Waals surface area contributed by atoms with Crippen molar-refractivity contribution in [3.63, 3.8) is 0 Å². The number of amides is 2. The number of fused-ring (bicyclic) bond motifs is 1. The molecule has 25 heavy (non-hydrogen) atoms. The van der Waals surface area contributed by atoms with Crippen LogP contribution in [0.1, 0.15) is 11.7 Å². The highest BCUT2D eigenvalue weighted by Crippen LogP contribution is 2.40. The van der Waals surface area contributed by atoms with Crippen molar-refractivity contribution in [3.8, 4) is 0 Å². The van der Waals surface area contributed by atoms with Gasteiger partial charge >= 0.3 is 5.97 Å². The molecule has 0 spiro atoms. The second-order valence-electron chi connectivity index (χ2n) is 5.62. The third-order valence-electron chi connectivity index (χ3n) is 4.10. The van der Waals surface area contributed by atoms with E-state index < -0.39 is 41.9 Å². The third-order valence-corrected chi connectivity index (χ3v) is 5.44. The normalized spacial score (nSPS) is 23.6. The van der Waals surface area contributed by atoms with Crippen molar-refractivity contribution in [2.45, 2.75) is 17.5 Å². The van der Waals surface area contributed by atoms with E-state index in [0.29, 0.717) is 5.56 Å². The van der Waals surface area contributed by atoms with Crippen LogP contribution in [-0.2, 0) is 14.4 Å². The van der Waals surface area contributed by atoms with Crippen LogP contribution in [0.5, 0.6) is 0 Å². The molecule has 1 saturated heterocycles. The highest BCUT2D eigenvalue weighted by molar-refractivity contribution is 8.00. The van der Waals surface area contributed by atoms with E-state index in [1.807, 2.05) is 0 Å². The minimum absolute atomic E-state index is 0.231. The molecule has 2 heterocycles. The Balaban J connectivity index is 1.73. The van der Waals surface area contributed by atoms with Crippen LogP contribution in [0, 0.1) is 0 Å². The number of carbonyl (C=O) groups is 3. The Morgan fingerprint density at radius 1 is 1.32 bits per heavy atom. The van der Waals surface area contributed by atoms with Crippen LogP contribution in [0.4, 0.5) is 0 Å². The van der Waals surface area contributed by atoms with Crippen LogP contribution in [0.3, 0.4) is 0 Å². The van der Waals surface area contributed by atoms with Crippen molar-refractivity contribution in [3.05, 3.63) is 47.2 Å². The summed E-state index contributed by atoms with van der Waals surface area (Å²) in [5, 5.41) is 30.5. The quantitative estimate of drug-likeness (QED) is 0.516. The Labute approximate surface area is 147 Å². The molecule has 1 aromatic carbocycles. The van der Waals surface area contributed by atoms with E-state index in [4.69, 9.17) is 0 Å². The predicted molar refractivity (Wildman–Crippen MR) is 88.2 cm³/mol. The molecule has 2 aliphatic heterocycles. The number of rotatable bonds is 5.